The van der Waals surface area contributed by atoms with Crippen LogP contribution >= 0.6 is 0 Å². The van der Waals surface area contributed by atoms with E-state index in [1.54, 1.807) is 18.2 Å². The molecular weight excluding hydrogens is 209 g/mol. The third-order valence-electron chi connectivity index (χ3n) is 1.93. The molecule has 4 nitrogen and oxygen atoms in total. The van der Waals surface area contributed by atoms with Crippen molar-refractivity contribution in [3.05, 3.63) is 51.7 Å². The minimum Gasteiger partial charge on any atom is -0.294 e. The van der Waals surface area contributed by atoms with Gasteiger partial charge >= 0.3 is 0 Å². The van der Waals surface area contributed by atoms with Gasteiger partial charge in [-0.2, -0.15) is 0 Å². The highest BCUT2D eigenvalue weighted by molar-refractivity contribution is 5.94. The molecule has 1 aromatic carbocycles. The summed E-state index contributed by atoms with van der Waals surface area (Å²) in [7, 11) is 0. The Balaban J connectivity index is 2.90. The first-order valence-corrected chi connectivity index (χ1v) is 4.63. The largest absolute Gasteiger partial charge is 0.294 e. The molecule has 16 heavy (non-hydrogen) atoms. The first-order valence-electron chi connectivity index (χ1n) is 4.63. The normalized spacial score (nSPS) is 10.1. The summed E-state index contributed by atoms with van der Waals surface area (Å²) in [6.45, 7) is 1.54. The van der Waals surface area contributed by atoms with Crippen molar-refractivity contribution in [2.45, 2.75) is 6.92 Å². The van der Waals surface area contributed by atoms with Crippen molar-refractivity contribution in [2.75, 3.05) is 6.54 Å². The van der Waals surface area contributed by atoms with Crippen LogP contribution in [0.1, 0.15) is 22.8 Å². The smallest absolute Gasteiger partial charge is 0.162 e. The van der Waals surface area contributed by atoms with Gasteiger partial charge in [0.05, 0.1) is 5.56 Å². The molecule has 0 heterocycles. The van der Waals surface area contributed by atoms with E-state index < -0.39 is 5.82 Å². The fourth-order valence-corrected chi connectivity index (χ4v) is 1.19. The highest BCUT2D eigenvalue weighted by Crippen LogP contribution is 2.12. The number of halogens is 1. The van der Waals surface area contributed by atoms with E-state index in [1.165, 1.54) is 19.1 Å². The quantitative estimate of drug-likeness (QED) is 0.331. The summed E-state index contributed by atoms with van der Waals surface area (Å²) in [5.74, 6) is -0.845. The number of ketones is 1. The summed E-state index contributed by atoms with van der Waals surface area (Å²) < 4.78 is 13.2. The Labute approximate surface area is 92.0 Å². The Bertz CT molecular complexity index is 476. The van der Waals surface area contributed by atoms with Crippen LogP contribution in [0, 0.1) is 5.82 Å². The van der Waals surface area contributed by atoms with Crippen LogP contribution in [0.2, 0.25) is 0 Å². The van der Waals surface area contributed by atoms with Crippen molar-refractivity contribution < 1.29 is 9.18 Å². The Kier molecular flexibility index (Phi) is 4.24. The molecule has 0 unspecified atom stereocenters. The van der Waals surface area contributed by atoms with Gasteiger partial charge in [-0.05, 0) is 30.2 Å². The molecule has 1 aromatic rings. The van der Waals surface area contributed by atoms with E-state index in [9.17, 15) is 9.18 Å². The highest BCUT2D eigenvalue weighted by atomic mass is 19.1. The maximum Gasteiger partial charge on any atom is 0.162 e. The lowest BCUT2D eigenvalue weighted by Crippen LogP contribution is -1.97. The molecule has 0 bridgehead atoms. The van der Waals surface area contributed by atoms with Crippen molar-refractivity contribution in [2.24, 2.45) is 5.11 Å². The van der Waals surface area contributed by atoms with E-state index in [1.807, 2.05) is 0 Å². The van der Waals surface area contributed by atoms with Crippen LogP contribution in [0.5, 0.6) is 0 Å². The zero-order valence-corrected chi connectivity index (χ0v) is 8.72. The molecule has 0 aromatic heterocycles. The van der Waals surface area contributed by atoms with Gasteiger partial charge in [-0.25, -0.2) is 4.39 Å². The van der Waals surface area contributed by atoms with Gasteiger partial charge in [0.1, 0.15) is 5.82 Å². The third-order valence-corrected chi connectivity index (χ3v) is 1.93. The number of nitrogens with zero attached hydrogens (tertiary/aromatic N) is 3. The number of hydrogen-bond donors (Lipinski definition) is 0. The van der Waals surface area contributed by atoms with Crippen molar-refractivity contribution in [3.63, 3.8) is 0 Å². The minimum absolute atomic E-state index is 0.0611. The van der Waals surface area contributed by atoms with E-state index in [0.29, 0.717) is 5.56 Å². The van der Waals surface area contributed by atoms with E-state index in [0.717, 1.165) is 0 Å². The SMILES string of the molecule is CC(=O)c1cc(C=CCN=[N+]=[N-])ccc1F. The van der Waals surface area contributed by atoms with Crippen molar-refractivity contribution in [3.8, 4) is 0 Å². The number of carbonyl (C=O) groups is 1. The number of Topliss-reactive ketones (excluding diaryl/α,β-unsaturated/α-hetero) is 1. The molecule has 0 atom stereocenters. The van der Waals surface area contributed by atoms with Gasteiger partial charge in [0.25, 0.3) is 0 Å². The summed E-state index contributed by atoms with van der Waals surface area (Å²) in [5.41, 5.74) is 8.80. The van der Waals surface area contributed by atoms with Gasteiger partial charge in [0, 0.05) is 11.5 Å². The highest BCUT2D eigenvalue weighted by Gasteiger charge is 2.06. The molecule has 0 aliphatic heterocycles. The van der Waals surface area contributed by atoms with Crippen LogP contribution in [0.3, 0.4) is 0 Å². The summed E-state index contributed by atoms with van der Waals surface area (Å²) >= 11 is 0. The maximum absolute atomic E-state index is 13.2. The van der Waals surface area contributed by atoms with Crippen LogP contribution in [-0.2, 0) is 0 Å². The standard InChI is InChI=1S/C11H10FN3O/c1-8(16)10-7-9(4-5-11(10)12)3-2-6-14-15-13/h2-5,7H,6H2,1H3. The van der Waals surface area contributed by atoms with Crippen molar-refractivity contribution in [1.82, 2.24) is 0 Å². The Morgan fingerprint density at radius 2 is 2.38 bits per heavy atom. The van der Waals surface area contributed by atoms with Gasteiger partial charge in [0.15, 0.2) is 5.78 Å². The molecule has 0 spiro atoms. The van der Waals surface area contributed by atoms with Gasteiger partial charge in [-0.3, -0.25) is 4.79 Å². The first-order chi connectivity index (χ1) is 7.65. The maximum atomic E-state index is 13.2. The molecule has 0 N–H and O–H groups in total. The summed E-state index contributed by atoms with van der Waals surface area (Å²) in [4.78, 5) is 13.7. The average Bonchev–Trinajstić information content (AvgIpc) is 2.26. The number of benzene rings is 1. The zero-order valence-electron chi connectivity index (χ0n) is 8.72. The molecule has 0 amide bonds. The summed E-state index contributed by atoms with van der Waals surface area (Å²) in [6.07, 6.45) is 3.30. The summed E-state index contributed by atoms with van der Waals surface area (Å²) in [5, 5.41) is 3.31. The molecule has 0 aliphatic rings. The minimum atomic E-state index is -0.528. The van der Waals surface area contributed by atoms with Gasteiger partial charge in [-0.15, -0.1) is 0 Å². The Morgan fingerprint density at radius 1 is 1.62 bits per heavy atom. The lowest BCUT2D eigenvalue weighted by Gasteiger charge is -1.99. The number of rotatable bonds is 4. The molecular formula is C11H10FN3O. The van der Waals surface area contributed by atoms with Crippen LogP contribution in [-0.4, -0.2) is 12.3 Å². The molecule has 82 valence electrons. The molecule has 5 heteroatoms. The first kappa shape index (κ1) is 11.9. The topological polar surface area (TPSA) is 65.8 Å². The molecule has 0 saturated carbocycles. The number of carbonyl (C=O) groups excluding carboxylic acids is 1. The second kappa shape index (κ2) is 5.68. The average molecular weight is 219 g/mol. The molecule has 0 saturated heterocycles. The summed E-state index contributed by atoms with van der Waals surface area (Å²) in [6, 6.07) is 4.25. The van der Waals surface area contributed by atoms with Gasteiger partial charge in [0.2, 0.25) is 0 Å². The second-order valence-electron chi connectivity index (χ2n) is 3.11. The van der Waals surface area contributed by atoms with E-state index in [4.69, 9.17) is 5.53 Å². The second-order valence-corrected chi connectivity index (χ2v) is 3.11. The predicted molar refractivity (Wildman–Crippen MR) is 59.5 cm³/mol. The molecule has 0 radical (unpaired) electrons. The molecule has 0 aliphatic carbocycles. The fraction of sp³-hybridized carbons (Fsp3) is 0.182. The van der Waals surface area contributed by atoms with Crippen LogP contribution in [0.15, 0.2) is 29.4 Å². The Hall–Kier alpha value is -2.13. The monoisotopic (exact) mass is 219 g/mol. The van der Waals surface area contributed by atoms with Crippen LogP contribution in [0.4, 0.5) is 4.39 Å². The van der Waals surface area contributed by atoms with E-state index in [2.05, 4.69) is 10.0 Å². The fourth-order valence-electron chi connectivity index (χ4n) is 1.19. The number of hydrogen-bond acceptors (Lipinski definition) is 2. The van der Waals surface area contributed by atoms with Crippen LogP contribution < -0.4 is 0 Å². The predicted octanol–water partition coefficient (Wildman–Crippen LogP) is 3.35. The molecule has 1 rings (SSSR count). The van der Waals surface area contributed by atoms with E-state index in [-0.39, 0.29) is 17.9 Å². The Morgan fingerprint density at radius 3 is 3.00 bits per heavy atom. The third kappa shape index (κ3) is 3.22. The lowest BCUT2D eigenvalue weighted by molar-refractivity contribution is 0.101. The molecule has 0 fully saturated rings. The van der Waals surface area contributed by atoms with E-state index >= 15 is 0 Å². The van der Waals surface area contributed by atoms with Gasteiger partial charge in [-0.1, -0.05) is 23.3 Å². The van der Waals surface area contributed by atoms with Gasteiger partial charge < -0.3 is 0 Å². The zero-order chi connectivity index (χ0) is 12.0. The van der Waals surface area contributed by atoms with Crippen molar-refractivity contribution >= 4 is 11.9 Å². The number of azide groups is 1. The van der Waals surface area contributed by atoms with Crippen LogP contribution in [0.25, 0.3) is 16.5 Å². The lowest BCUT2D eigenvalue weighted by atomic mass is 10.1. The van der Waals surface area contributed by atoms with Crippen molar-refractivity contribution in [1.29, 1.82) is 0 Å².